The summed E-state index contributed by atoms with van der Waals surface area (Å²) in [5.74, 6) is 1.30. The largest absolute Gasteiger partial charge is 0.496 e. The van der Waals surface area contributed by atoms with E-state index in [2.05, 4.69) is 39.7 Å². The minimum atomic E-state index is -0.272. The number of pyridine rings is 1. The average Bonchev–Trinajstić information content (AvgIpc) is 2.90. The van der Waals surface area contributed by atoms with Crippen molar-refractivity contribution in [2.24, 2.45) is 0 Å². The van der Waals surface area contributed by atoms with Gasteiger partial charge in [-0.2, -0.15) is 0 Å². The predicted octanol–water partition coefficient (Wildman–Crippen LogP) is 6.36. The van der Waals surface area contributed by atoms with Gasteiger partial charge in [-0.1, -0.05) is 30.3 Å². The Bertz CT molecular complexity index is 1330. The second-order valence-corrected chi connectivity index (χ2v) is 9.06. The molecule has 1 fully saturated rings. The van der Waals surface area contributed by atoms with Gasteiger partial charge in [-0.05, 0) is 97.4 Å². The van der Waals surface area contributed by atoms with Crippen molar-refractivity contribution in [3.8, 4) is 16.9 Å². The first-order chi connectivity index (χ1) is 17.1. The number of anilines is 2. The van der Waals surface area contributed by atoms with E-state index in [9.17, 15) is 4.79 Å². The summed E-state index contributed by atoms with van der Waals surface area (Å²) in [6, 6.07) is 21.7. The van der Waals surface area contributed by atoms with Crippen LogP contribution in [-0.4, -0.2) is 43.2 Å². The second-order valence-electron chi connectivity index (χ2n) is 9.06. The van der Waals surface area contributed by atoms with E-state index in [1.165, 1.54) is 0 Å². The first-order valence-electron chi connectivity index (χ1n) is 12.0. The van der Waals surface area contributed by atoms with Gasteiger partial charge in [0.1, 0.15) is 5.75 Å². The number of aromatic nitrogens is 1. The van der Waals surface area contributed by atoms with Crippen molar-refractivity contribution in [3.63, 3.8) is 0 Å². The lowest BCUT2D eigenvalue weighted by molar-refractivity contribution is 0.252. The molecule has 0 bridgehead atoms. The summed E-state index contributed by atoms with van der Waals surface area (Å²) in [5, 5.41) is 8.12. The number of likely N-dealkylation sites (tertiary alicyclic amines) is 1. The molecule has 1 aliphatic rings. The molecule has 2 heterocycles. The lowest BCUT2D eigenvalue weighted by Crippen LogP contribution is -2.29. The Hall–Kier alpha value is -3.90. The van der Waals surface area contributed by atoms with E-state index in [1.807, 2.05) is 54.6 Å². The molecule has 3 aromatic carbocycles. The molecule has 0 saturated carbocycles. The van der Waals surface area contributed by atoms with Gasteiger partial charge in [-0.25, -0.2) is 4.79 Å². The van der Waals surface area contributed by atoms with Gasteiger partial charge in [0.05, 0.1) is 12.8 Å². The number of nitrogens with zero attached hydrogens (tertiary/aromatic N) is 2. The Kier molecular flexibility index (Phi) is 6.64. The van der Waals surface area contributed by atoms with E-state index in [-0.39, 0.29) is 6.03 Å². The minimum Gasteiger partial charge on any atom is -0.496 e. The zero-order chi connectivity index (χ0) is 24.2. The second kappa shape index (κ2) is 10.2. The minimum absolute atomic E-state index is 0.272. The van der Waals surface area contributed by atoms with Gasteiger partial charge >= 0.3 is 6.03 Å². The Labute approximate surface area is 205 Å². The Morgan fingerprint density at radius 1 is 0.943 bits per heavy atom. The summed E-state index contributed by atoms with van der Waals surface area (Å²) in [4.78, 5) is 19.5. The number of benzene rings is 3. The van der Waals surface area contributed by atoms with E-state index in [1.54, 1.807) is 19.5 Å². The number of carbonyl (C=O) groups excluding carboxylic acids is 1. The summed E-state index contributed by atoms with van der Waals surface area (Å²) in [5.41, 5.74) is 4.87. The number of ether oxygens (including phenoxy) is 1. The van der Waals surface area contributed by atoms with Crippen LogP contribution in [0.2, 0.25) is 0 Å². The van der Waals surface area contributed by atoms with Gasteiger partial charge in [-0.15, -0.1) is 0 Å². The van der Waals surface area contributed by atoms with E-state index >= 15 is 0 Å². The monoisotopic (exact) mass is 466 g/mol. The van der Waals surface area contributed by atoms with Gasteiger partial charge in [0, 0.05) is 23.5 Å². The van der Waals surface area contributed by atoms with Crippen molar-refractivity contribution in [2.75, 3.05) is 37.9 Å². The topological polar surface area (TPSA) is 66.5 Å². The van der Waals surface area contributed by atoms with Crippen LogP contribution in [0.1, 0.15) is 24.3 Å². The van der Waals surface area contributed by atoms with E-state index < -0.39 is 0 Å². The molecule has 6 nitrogen and oxygen atoms in total. The maximum absolute atomic E-state index is 13.0. The highest BCUT2D eigenvalue weighted by Crippen LogP contribution is 2.36. The van der Waals surface area contributed by atoms with Crippen LogP contribution in [0.25, 0.3) is 21.9 Å². The van der Waals surface area contributed by atoms with Crippen molar-refractivity contribution in [2.45, 2.75) is 18.8 Å². The lowest BCUT2D eigenvalue weighted by Gasteiger charge is -2.30. The normalized spacial score (nSPS) is 14.6. The first-order valence-corrected chi connectivity index (χ1v) is 12.0. The molecule has 2 N–H and O–H groups in total. The fraction of sp³-hybridized carbons (Fsp3) is 0.241. The molecular weight excluding hydrogens is 436 g/mol. The van der Waals surface area contributed by atoms with Crippen LogP contribution < -0.4 is 15.4 Å². The number of rotatable bonds is 5. The van der Waals surface area contributed by atoms with Gasteiger partial charge in [0.25, 0.3) is 0 Å². The maximum Gasteiger partial charge on any atom is 0.323 e. The molecule has 1 aromatic heterocycles. The number of amides is 2. The molecule has 0 atom stereocenters. The van der Waals surface area contributed by atoms with Crippen LogP contribution in [0.3, 0.4) is 0 Å². The highest BCUT2D eigenvalue weighted by molar-refractivity contribution is 6.09. The maximum atomic E-state index is 13.0. The SMILES string of the molecule is COc1ccc(NC(=O)Nc2ccc(-c3ccncc3)c3ccccc23)cc1C1CCN(C)CC1. The first kappa shape index (κ1) is 22.9. The number of piperidine rings is 1. The number of hydrogen-bond acceptors (Lipinski definition) is 4. The zero-order valence-electron chi connectivity index (χ0n) is 20.1. The van der Waals surface area contributed by atoms with Crippen molar-refractivity contribution < 1.29 is 9.53 Å². The number of methoxy groups -OCH3 is 1. The molecule has 1 saturated heterocycles. The average molecular weight is 467 g/mol. The Morgan fingerprint density at radius 2 is 1.69 bits per heavy atom. The molecule has 0 aliphatic carbocycles. The molecule has 5 rings (SSSR count). The quantitative estimate of drug-likeness (QED) is 0.359. The third kappa shape index (κ3) is 4.98. The highest BCUT2D eigenvalue weighted by Gasteiger charge is 2.22. The van der Waals surface area contributed by atoms with Crippen LogP contribution in [-0.2, 0) is 0 Å². The molecule has 1 aliphatic heterocycles. The number of fused-ring (bicyclic) bond motifs is 1. The molecule has 6 heteroatoms. The van der Waals surface area contributed by atoms with E-state index in [0.29, 0.717) is 5.92 Å². The summed E-state index contributed by atoms with van der Waals surface area (Å²) in [7, 11) is 3.86. The van der Waals surface area contributed by atoms with Crippen molar-refractivity contribution in [3.05, 3.63) is 84.7 Å². The number of hydrogen-bond donors (Lipinski definition) is 2. The van der Waals surface area contributed by atoms with Gasteiger partial charge in [-0.3, -0.25) is 4.98 Å². The van der Waals surface area contributed by atoms with E-state index in [0.717, 1.165) is 70.5 Å². The molecule has 0 unspecified atom stereocenters. The van der Waals surface area contributed by atoms with Gasteiger partial charge in [0.15, 0.2) is 0 Å². The Morgan fingerprint density at radius 3 is 2.43 bits per heavy atom. The molecule has 2 amide bonds. The van der Waals surface area contributed by atoms with Crippen LogP contribution in [0.15, 0.2) is 79.1 Å². The fourth-order valence-electron chi connectivity index (χ4n) is 4.93. The van der Waals surface area contributed by atoms with Gasteiger partial charge < -0.3 is 20.3 Å². The summed E-state index contributed by atoms with van der Waals surface area (Å²) < 4.78 is 5.63. The predicted molar refractivity (Wildman–Crippen MR) is 142 cm³/mol. The molecule has 35 heavy (non-hydrogen) atoms. The van der Waals surface area contributed by atoms with Crippen molar-refractivity contribution in [1.82, 2.24) is 9.88 Å². The lowest BCUT2D eigenvalue weighted by atomic mass is 9.88. The third-order valence-corrected chi connectivity index (χ3v) is 6.81. The molecular formula is C29H30N4O2. The van der Waals surface area contributed by atoms with Crippen molar-refractivity contribution in [1.29, 1.82) is 0 Å². The fourth-order valence-corrected chi connectivity index (χ4v) is 4.93. The summed E-state index contributed by atoms with van der Waals surface area (Å²) in [6.45, 7) is 2.13. The summed E-state index contributed by atoms with van der Waals surface area (Å²) in [6.07, 6.45) is 5.74. The van der Waals surface area contributed by atoms with Crippen LogP contribution in [0.4, 0.5) is 16.2 Å². The number of carbonyl (C=O) groups is 1. The standard InChI is InChI=1S/C29H30N4O2/c1-33-17-13-21(14-18-33)26-19-22(7-10-28(26)35-2)31-29(34)32-27-9-8-23(20-11-15-30-16-12-20)24-5-3-4-6-25(24)27/h3-12,15-16,19,21H,13-14,17-18H2,1-2H3,(H2,31,32,34). The number of urea groups is 1. The van der Waals surface area contributed by atoms with E-state index in [4.69, 9.17) is 4.74 Å². The highest BCUT2D eigenvalue weighted by atomic mass is 16.5. The van der Waals surface area contributed by atoms with Crippen LogP contribution in [0.5, 0.6) is 5.75 Å². The molecule has 0 spiro atoms. The molecule has 4 aromatic rings. The van der Waals surface area contributed by atoms with Gasteiger partial charge in [0.2, 0.25) is 0 Å². The van der Waals surface area contributed by atoms with Crippen molar-refractivity contribution >= 4 is 28.2 Å². The number of nitrogens with one attached hydrogen (secondary N) is 2. The summed E-state index contributed by atoms with van der Waals surface area (Å²) >= 11 is 0. The van der Waals surface area contributed by atoms with Crippen LogP contribution in [0, 0.1) is 0 Å². The molecule has 178 valence electrons. The Balaban J connectivity index is 1.37. The third-order valence-electron chi connectivity index (χ3n) is 6.81. The molecule has 0 radical (unpaired) electrons. The smallest absolute Gasteiger partial charge is 0.323 e. The zero-order valence-corrected chi connectivity index (χ0v) is 20.1. The van der Waals surface area contributed by atoms with Crippen LogP contribution >= 0.6 is 0 Å².